The first-order valence-electron chi connectivity index (χ1n) is 5.99. The summed E-state index contributed by atoms with van der Waals surface area (Å²) in [5.74, 6) is -0.359. The maximum absolute atomic E-state index is 11.9. The van der Waals surface area contributed by atoms with Crippen LogP contribution in [0.5, 0.6) is 0 Å². The smallest absolute Gasteiger partial charge is 0.162 e. The lowest BCUT2D eigenvalue weighted by atomic mass is 9.87. The minimum atomic E-state index is -3.30. The van der Waals surface area contributed by atoms with Crippen LogP contribution in [0.3, 0.4) is 0 Å². The molecule has 0 aromatic carbocycles. The van der Waals surface area contributed by atoms with Crippen molar-refractivity contribution in [1.82, 2.24) is 0 Å². The molecule has 4 heteroatoms. The van der Waals surface area contributed by atoms with Gasteiger partial charge in [0.1, 0.15) is 5.75 Å². The van der Waals surface area contributed by atoms with Crippen molar-refractivity contribution in [3.05, 3.63) is 0 Å². The standard InChI is InChI=1S/C12H22O3S/c1-12(2,3)16(14,15)9-11(13)10-7-5-4-6-8-10/h10H,4-9H2,1-3H3. The highest BCUT2D eigenvalue weighted by Gasteiger charge is 2.33. The number of rotatable bonds is 3. The SMILES string of the molecule is CC(C)(C)S(=O)(=O)CC(=O)C1CCCCC1. The fourth-order valence-electron chi connectivity index (χ4n) is 1.95. The molecule has 0 N–H and O–H groups in total. The molecule has 0 saturated heterocycles. The molecule has 0 aliphatic heterocycles. The number of hydrogen-bond donors (Lipinski definition) is 0. The third kappa shape index (κ3) is 3.30. The van der Waals surface area contributed by atoms with Gasteiger partial charge in [-0.15, -0.1) is 0 Å². The van der Waals surface area contributed by atoms with Crippen molar-refractivity contribution in [2.75, 3.05) is 5.75 Å². The molecule has 0 bridgehead atoms. The Hall–Kier alpha value is -0.380. The highest BCUT2D eigenvalue weighted by atomic mass is 32.2. The van der Waals surface area contributed by atoms with Crippen molar-refractivity contribution in [3.8, 4) is 0 Å². The van der Waals surface area contributed by atoms with Crippen LogP contribution in [0.15, 0.2) is 0 Å². The van der Waals surface area contributed by atoms with Crippen LogP contribution in [-0.4, -0.2) is 24.7 Å². The quantitative estimate of drug-likeness (QED) is 0.768. The second kappa shape index (κ2) is 4.86. The van der Waals surface area contributed by atoms with Crippen LogP contribution in [0.2, 0.25) is 0 Å². The molecule has 0 aromatic heterocycles. The molecule has 0 unspecified atom stereocenters. The van der Waals surface area contributed by atoms with Crippen LogP contribution in [0.25, 0.3) is 0 Å². The fourth-order valence-corrected chi connectivity index (χ4v) is 2.99. The molecule has 94 valence electrons. The summed E-state index contributed by atoms with van der Waals surface area (Å²) in [6.07, 6.45) is 5.05. The van der Waals surface area contributed by atoms with E-state index >= 15 is 0 Å². The molecule has 0 amide bonds. The van der Waals surface area contributed by atoms with Crippen LogP contribution in [0.4, 0.5) is 0 Å². The first-order valence-corrected chi connectivity index (χ1v) is 7.64. The molecule has 0 atom stereocenters. The molecule has 0 radical (unpaired) electrons. The average Bonchev–Trinajstić information content (AvgIpc) is 2.16. The number of Topliss-reactive ketones (excluding diaryl/α,β-unsaturated/α-hetero) is 1. The average molecular weight is 246 g/mol. The van der Waals surface area contributed by atoms with E-state index in [9.17, 15) is 13.2 Å². The predicted octanol–water partition coefficient (Wildman–Crippen LogP) is 2.35. The Labute approximate surface area is 98.5 Å². The van der Waals surface area contributed by atoms with E-state index in [1.807, 2.05) is 0 Å². The maximum Gasteiger partial charge on any atom is 0.162 e. The normalized spacial score (nSPS) is 19.7. The van der Waals surface area contributed by atoms with E-state index in [1.54, 1.807) is 20.8 Å². The van der Waals surface area contributed by atoms with Gasteiger partial charge in [0.2, 0.25) is 0 Å². The zero-order valence-corrected chi connectivity index (χ0v) is 11.3. The van der Waals surface area contributed by atoms with Crippen molar-refractivity contribution >= 4 is 15.6 Å². The van der Waals surface area contributed by atoms with E-state index in [0.29, 0.717) is 0 Å². The fraction of sp³-hybridized carbons (Fsp3) is 0.917. The highest BCUT2D eigenvalue weighted by molar-refractivity contribution is 7.93. The summed E-state index contributed by atoms with van der Waals surface area (Å²) >= 11 is 0. The van der Waals surface area contributed by atoms with Crippen LogP contribution >= 0.6 is 0 Å². The van der Waals surface area contributed by atoms with Crippen molar-refractivity contribution in [1.29, 1.82) is 0 Å². The molecular formula is C12H22O3S. The van der Waals surface area contributed by atoms with Gasteiger partial charge in [-0.05, 0) is 33.6 Å². The third-order valence-electron chi connectivity index (χ3n) is 3.33. The number of sulfone groups is 1. The molecule has 1 saturated carbocycles. The first-order chi connectivity index (χ1) is 7.24. The van der Waals surface area contributed by atoms with Crippen molar-refractivity contribution < 1.29 is 13.2 Å². The Balaban J connectivity index is 2.64. The van der Waals surface area contributed by atoms with Crippen LogP contribution in [0.1, 0.15) is 52.9 Å². The number of carbonyl (C=O) groups excluding carboxylic acids is 1. The Morgan fingerprint density at radius 3 is 2.06 bits per heavy atom. The van der Waals surface area contributed by atoms with Gasteiger partial charge in [-0.3, -0.25) is 4.79 Å². The Kier molecular flexibility index (Phi) is 4.16. The van der Waals surface area contributed by atoms with E-state index in [-0.39, 0.29) is 17.5 Å². The van der Waals surface area contributed by atoms with E-state index in [1.165, 1.54) is 6.42 Å². The monoisotopic (exact) mass is 246 g/mol. The third-order valence-corrected chi connectivity index (χ3v) is 5.86. The molecule has 0 aromatic rings. The second-order valence-electron chi connectivity index (χ2n) is 5.67. The summed E-state index contributed by atoms with van der Waals surface area (Å²) in [4.78, 5) is 11.9. The number of ketones is 1. The lowest BCUT2D eigenvalue weighted by Gasteiger charge is -2.23. The lowest BCUT2D eigenvalue weighted by Crippen LogP contribution is -2.36. The second-order valence-corrected chi connectivity index (χ2v) is 8.42. The molecular weight excluding hydrogens is 224 g/mol. The van der Waals surface area contributed by atoms with Crippen LogP contribution in [-0.2, 0) is 14.6 Å². The molecule has 3 nitrogen and oxygen atoms in total. The molecule has 1 fully saturated rings. The van der Waals surface area contributed by atoms with Gasteiger partial charge < -0.3 is 0 Å². The van der Waals surface area contributed by atoms with Gasteiger partial charge in [0.05, 0.1) is 4.75 Å². The van der Waals surface area contributed by atoms with Gasteiger partial charge >= 0.3 is 0 Å². The zero-order chi connectivity index (χ0) is 12.4. The van der Waals surface area contributed by atoms with Crippen molar-refractivity contribution in [2.24, 2.45) is 5.92 Å². The Morgan fingerprint density at radius 2 is 1.62 bits per heavy atom. The summed E-state index contributed by atoms with van der Waals surface area (Å²) < 4.78 is 22.9. The largest absolute Gasteiger partial charge is 0.298 e. The zero-order valence-electron chi connectivity index (χ0n) is 10.5. The van der Waals surface area contributed by atoms with Gasteiger partial charge in [0.25, 0.3) is 0 Å². The highest BCUT2D eigenvalue weighted by Crippen LogP contribution is 2.26. The van der Waals surface area contributed by atoms with Crippen LogP contribution in [0, 0.1) is 5.92 Å². The summed E-state index contributed by atoms with van der Waals surface area (Å²) in [5, 5.41) is 0. The van der Waals surface area contributed by atoms with Gasteiger partial charge in [0, 0.05) is 5.92 Å². The summed E-state index contributed by atoms with van der Waals surface area (Å²) in [6, 6.07) is 0. The van der Waals surface area contributed by atoms with Gasteiger partial charge in [-0.2, -0.15) is 0 Å². The Morgan fingerprint density at radius 1 is 1.12 bits per heavy atom. The first kappa shape index (κ1) is 13.7. The summed E-state index contributed by atoms with van der Waals surface area (Å²) in [6.45, 7) is 4.95. The molecule has 0 spiro atoms. The van der Waals surface area contributed by atoms with E-state index in [0.717, 1.165) is 25.7 Å². The molecule has 1 rings (SSSR count). The van der Waals surface area contributed by atoms with Gasteiger partial charge in [-0.1, -0.05) is 19.3 Å². The maximum atomic E-state index is 11.9. The molecule has 16 heavy (non-hydrogen) atoms. The van der Waals surface area contributed by atoms with E-state index < -0.39 is 14.6 Å². The summed E-state index contributed by atoms with van der Waals surface area (Å²) in [7, 11) is -3.30. The van der Waals surface area contributed by atoms with Crippen LogP contribution < -0.4 is 0 Å². The van der Waals surface area contributed by atoms with Gasteiger partial charge in [-0.25, -0.2) is 8.42 Å². The molecule has 0 heterocycles. The minimum Gasteiger partial charge on any atom is -0.298 e. The number of carbonyl (C=O) groups is 1. The minimum absolute atomic E-state index is 0.00845. The summed E-state index contributed by atoms with van der Waals surface area (Å²) in [5.41, 5.74) is 0. The Bertz CT molecular complexity index is 343. The predicted molar refractivity (Wildman–Crippen MR) is 65.1 cm³/mol. The molecule has 1 aliphatic carbocycles. The van der Waals surface area contributed by atoms with Crippen molar-refractivity contribution in [2.45, 2.75) is 57.6 Å². The number of hydrogen-bond acceptors (Lipinski definition) is 3. The van der Waals surface area contributed by atoms with Gasteiger partial charge in [0.15, 0.2) is 15.6 Å². The lowest BCUT2D eigenvalue weighted by molar-refractivity contribution is -0.121. The molecule has 1 aliphatic rings. The van der Waals surface area contributed by atoms with Crippen molar-refractivity contribution in [3.63, 3.8) is 0 Å². The topological polar surface area (TPSA) is 51.2 Å². The van der Waals surface area contributed by atoms with E-state index in [2.05, 4.69) is 0 Å². The van der Waals surface area contributed by atoms with E-state index in [4.69, 9.17) is 0 Å².